The van der Waals surface area contributed by atoms with Crippen LogP contribution in [0.3, 0.4) is 0 Å². The fourth-order valence-corrected chi connectivity index (χ4v) is 3.32. The molecule has 0 saturated heterocycles. The van der Waals surface area contributed by atoms with Crippen LogP contribution in [0.4, 0.5) is 0 Å². The Labute approximate surface area is 119 Å². The van der Waals surface area contributed by atoms with Crippen LogP contribution in [0, 0.1) is 0 Å². The zero-order valence-corrected chi connectivity index (χ0v) is 12.0. The molecular formula is C16H21N3O. The van der Waals surface area contributed by atoms with Crippen LogP contribution in [0.2, 0.25) is 0 Å². The summed E-state index contributed by atoms with van der Waals surface area (Å²) in [6, 6.07) is 9.08. The summed E-state index contributed by atoms with van der Waals surface area (Å²) >= 11 is 0. The molecule has 4 nitrogen and oxygen atoms in total. The molecule has 0 N–H and O–H groups in total. The summed E-state index contributed by atoms with van der Waals surface area (Å²) in [6.07, 6.45) is 5.03. The second-order valence-electron chi connectivity index (χ2n) is 5.95. The third-order valence-electron chi connectivity index (χ3n) is 4.73. The first-order chi connectivity index (χ1) is 9.84. The zero-order chi connectivity index (χ0) is 13.5. The van der Waals surface area contributed by atoms with Crippen molar-refractivity contribution in [2.75, 3.05) is 13.7 Å². The highest BCUT2D eigenvalue weighted by atomic mass is 16.5. The van der Waals surface area contributed by atoms with E-state index in [9.17, 15) is 0 Å². The maximum atomic E-state index is 6.18. The predicted octanol–water partition coefficient (Wildman–Crippen LogP) is 2.94. The summed E-state index contributed by atoms with van der Waals surface area (Å²) in [5.41, 5.74) is 2.33. The maximum Gasteiger partial charge on any atom is 0.154 e. The van der Waals surface area contributed by atoms with Crippen molar-refractivity contribution in [3.8, 4) is 0 Å². The number of rotatable bonds is 2. The number of ether oxygens (including phenoxy) is 1. The number of hydrogen-bond donors (Lipinski definition) is 0. The van der Waals surface area contributed by atoms with Crippen LogP contribution in [-0.2, 0) is 11.3 Å². The number of aryl methyl sites for hydroxylation is 1. The molecule has 1 aromatic heterocycles. The predicted molar refractivity (Wildman–Crippen MR) is 78.4 cm³/mol. The van der Waals surface area contributed by atoms with E-state index in [1.54, 1.807) is 0 Å². The fraction of sp³-hybridized carbons (Fsp3) is 0.562. The normalized spacial score (nSPS) is 23.6. The van der Waals surface area contributed by atoms with Gasteiger partial charge in [-0.05, 0) is 32.4 Å². The van der Waals surface area contributed by atoms with Crippen LogP contribution in [0.1, 0.15) is 37.6 Å². The van der Waals surface area contributed by atoms with Crippen molar-refractivity contribution in [2.45, 2.75) is 44.5 Å². The Hall–Kier alpha value is -1.39. The first-order valence-electron chi connectivity index (χ1n) is 7.63. The third kappa shape index (κ3) is 1.86. The van der Waals surface area contributed by atoms with Crippen molar-refractivity contribution in [1.29, 1.82) is 0 Å². The topological polar surface area (TPSA) is 30.3 Å². The van der Waals surface area contributed by atoms with E-state index in [-0.39, 0.29) is 6.23 Å². The minimum atomic E-state index is 0.0511. The van der Waals surface area contributed by atoms with Crippen LogP contribution in [0.25, 0.3) is 10.9 Å². The van der Waals surface area contributed by atoms with E-state index >= 15 is 0 Å². The second kappa shape index (κ2) is 4.86. The molecule has 20 heavy (non-hydrogen) atoms. The molecule has 1 aliphatic carbocycles. The lowest BCUT2D eigenvalue weighted by molar-refractivity contribution is -0.0805. The van der Waals surface area contributed by atoms with Gasteiger partial charge in [0.2, 0.25) is 0 Å². The molecular weight excluding hydrogens is 250 g/mol. The lowest BCUT2D eigenvalue weighted by Crippen LogP contribution is -2.41. The van der Waals surface area contributed by atoms with Gasteiger partial charge >= 0.3 is 0 Å². The molecule has 1 unspecified atom stereocenters. The van der Waals surface area contributed by atoms with Gasteiger partial charge in [0.1, 0.15) is 0 Å². The molecule has 2 heterocycles. The Morgan fingerprint density at radius 1 is 1.25 bits per heavy atom. The average molecular weight is 271 g/mol. The first-order valence-corrected chi connectivity index (χ1v) is 7.63. The molecule has 2 aromatic rings. The van der Waals surface area contributed by atoms with Gasteiger partial charge in [-0.1, -0.05) is 24.6 Å². The zero-order valence-electron chi connectivity index (χ0n) is 12.0. The van der Waals surface area contributed by atoms with Crippen molar-refractivity contribution < 1.29 is 4.74 Å². The van der Waals surface area contributed by atoms with Gasteiger partial charge in [-0.15, -0.1) is 0 Å². The molecule has 1 aromatic carbocycles. The van der Waals surface area contributed by atoms with E-state index < -0.39 is 0 Å². The molecule has 0 radical (unpaired) electrons. The van der Waals surface area contributed by atoms with Crippen LogP contribution in [0.5, 0.6) is 0 Å². The van der Waals surface area contributed by atoms with Crippen LogP contribution in [-0.4, -0.2) is 34.4 Å². The van der Waals surface area contributed by atoms with Gasteiger partial charge in [0.25, 0.3) is 0 Å². The Morgan fingerprint density at radius 3 is 2.90 bits per heavy atom. The van der Waals surface area contributed by atoms with Crippen LogP contribution >= 0.6 is 0 Å². The quantitative estimate of drug-likeness (QED) is 0.841. The highest BCUT2D eigenvalue weighted by Crippen LogP contribution is 2.36. The first kappa shape index (κ1) is 12.4. The van der Waals surface area contributed by atoms with Crippen molar-refractivity contribution in [2.24, 2.45) is 0 Å². The maximum absolute atomic E-state index is 6.18. The Kier molecular flexibility index (Phi) is 3.00. The van der Waals surface area contributed by atoms with Gasteiger partial charge in [0.15, 0.2) is 6.23 Å². The fourth-order valence-electron chi connectivity index (χ4n) is 3.32. The number of benzene rings is 1. The highest BCUT2D eigenvalue weighted by molar-refractivity contribution is 5.81. The SMILES string of the molecule is CN(C1CCC1)C1OCCCn2nc3ccccc3c21. The van der Waals surface area contributed by atoms with Crippen molar-refractivity contribution >= 4 is 10.9 Å². The van der Waals surface area contributed by atoms with Crippen LogP contribution < -0.4 is 0 Å². The average Bonchev–Trinajstić information content (AvgIpc) is 2.62. The summed E-state index contributed by atoms with van der Waals surface area (Å²) in [5, 5.41) is 6.00. The number of aromatic nitrogens is 2. The van der Waals surface area contributed by atoms with Gasteiger partial charge < -0.3 is 4.74 Å². The second-order valence-corrected chi connectivity index (χ2v) is 5.95. The third-order valence-corrected chi connectivity index (χ3v) is 4.73. The summed E-state index contributed by atoms with van der Waals surface area (Å²) in [7, 11) is 2.20. The summed E-state index contributed by atoms with van der Waals surface area (Å²) < 4.78 is 8.34. The molecule has 0 amide bonds. The summed E-state index contributed by atoms with van der Waals surface area (Å²) in [5.74, 6) is 0. The smallest absolute Gasteiger partial charge is 0.154 e. The number of nitrogens with zero attached hydrogens (tertiary/aromatic N) is 3. The standard InChI is InChI=1S/C16H21N3O/c1-18(12-6-4-7-12)16-15-13-8-2-3-9-14(13)17-19(15)10-5-11-20-16/h2-3,8-9,12,16H,4-7,10-11H2,1H3. The Bertz CT molecular complexity index is 617. The van der Waals surface area contributed by atoms with E-state index in [0.717, 1.165) is 25.1 Å². The van der Waals surface area contributed by atoms with Gasteiger partial charge in [0, 0.05) is 18.0 Å². The summed E-state index contributed by atoms with van der Waals surface area (Å²) in [6.45, 7) is 1.78. The summed E-state index contributed by atoms with van der Waals surface area (Å²) in [4.78, 5) is 2.41. The molecule has 0 spiro atoms. The highest BCUT2D eigenvalue weighted by Gasteiger charge is 2.33. The monoisotopic (exact) mass is 271 g/mol. The number of hydrogen-bond acceptors (Lipinski definition) is 3. The van der Waals surface area contributed by atoms with Crippen molar-refractivity contribution in [3.05, 3.63) is 30.0 Å². The lowest BCUT2D eigenvalue weighted by atomic mass is 9.91. The molecule has 1 saturated carbocycles. The molecule has 0 bridgehead atoms. The minimum absolute atomic E-state index is 0.0511. The molecule has 106 valence electrons. The van der Waals surface area contributed by atoms with Crippen LogP contribution in [0.15, 0.2) is 24.3 Å². The molecule has 2 aliphatic rings. The van der Waals surface area contributed by atoms with Gasteiger partial charge in [-0.2, -0.15) is 5.10 Å². The number of fused-ring (bicyclic) bond motifs is 3. The van der Waals surface area contributed by atoms with E-state index in [1.807, 2.05) is 0 Å². The van der Waals surface area contributed by atoms with Crippen molar-refractivity contribution in [3.63, 3.8) is 0 Å². The molecule has 1 fully saturated rings. The Morgan fingerprint density at radius 2 is 2.10 bits per heavy atom. The lowest BCUT2D eigenvalue weighted by Gasteiger charge is -2.39. The van der Waals surface area contributed by atoms with Gasteiger partial charge in [-0.3, -0.25) is 9.58 Å². The van der Waals surface area contributed by atoms with Crippen molar-refractivity contribution in [1.82, 2.24) is 14.7 Å². The largest absolute Gasteiger partial charge is 0.357 e. The molecule has 1 atom stereocenters. The molecule has 4 heteroatoms. The van der Waals surface area contributed by atoms with Gasteiger partial charge in [0.05, 0.1) is 17.8 Å². The minimum Gasteiger partial charge on any atom is -0.357 e. The molecule has 1 aliphatic heterocycles. The van der Waals surface area contributed by atoms with E-state index in [1.165, 1.54) is 30.3 Å². The molecule has 4 rings (SSSR count). The Balaban J connectivity index is 1.80. The van der Waals surface area contributed by atoms with E-state index in [2.05, 4.69) is 40.9 Å². The van der Waals surface area contributed by atoms with Gasteiger partial charge in [-0.25, -0.2) is 0 Å². The van der Waals surface area contributed by atoms with E-state index in [0.29, 0.717) is 6.04 Å². The van der Waals surface area contributed by atoms with E-state index in [4.69, 9.17) is 9.84 Å².